The lowest BCUT2D eigenvalue weighted by molar-refractivity contribution is -0.158. The highest BCUT2D eigenvalue weighted by atomic mass is 16.3. The zero-order valence-corrected chi connectivity index (χ0v) is 16.5. The van der Waals surface area contributed by atoms with Gasteiger partial charge in [-0.2, -0.15) is 0 Å². The number of carbonyl (C=O) groups excluding carboxylic acids is 1. The third-order valence-corrected chi connectivity index (χ3v) is 6.77. The van der Waals surface area contributed by atoms with Gasteiger partial charge in [-0.15, -0.1) is 0 Å². The monoisotopic (exact) mass is 408 g/mol. The predicted molar refractivity (Wildman–Crippen MR) is 112 cm³/mol. The normalized spacial score (nSPS) is 30.0. The van der Waals surface area contributed by atoms with Gasteiger partial charge in [0.05, 0.1) is 11.4 Å². The number of hydrogen-bond acceptors (Lipinski definition) is 6. The number of benzene rings is 1. The Bertz CT molecular complexity index is 1130. The second kappa shape index (κ2) is 6.68. The molecule has 6 N–H and O–H groups in total. The van der Waals surface area contributed by atoms with E-state index in [9.17, 15) is 15.0 Å². The number of carbonyl (C=O) groups is 1. The summed E-state index contributed by atoms with van der Waals surface area (Å²) < 4.78 is 1.90. The second-order valence-electron chi connectivity index (χ2n) is 8.17. The van der Waals surface area contributed by atoms with Crippen LogP contribution in [0.25, 0.3) is 11.0 Å². The van der Waals surface area contributed by atoms with Crippen molar-refractivity contribution in [2.75, 3.05) is 18.1 Å². The minimum Gasteiger partial charge on any atom is -0.388 e. The number of anilines is 2. The Hall–Kier alpha value is -3.17. The van der Waals surface area contributed by atoms with Gasteiger partial charge in [-0.25, -0.2) is 14.8 Å². The van der Waals surface area contributed by atoms with Crippen LogP contribution in [0.15, 0.2) is 42.9 Å². The Kier molecular flexibility index (Phi) is 4.19. The third-order valence-electron chi connectivity index (χ3n) is 6.77. The molecule has 0 aliphatic heterocycles. The molecule has 1 unspecified atom stereocenters. The molecular formula is C21H24N6O3. The Morgan fingerprint density at radius 2 is 2.13 bits per heavy atom. The van der Waals surface area contributed by atoms with E-state index in [0.29, 0.717) is 23.6 Å². The van der Waals surface area contributed by atoms with Crippen molar-refractivity contribution in [3.8, 4) is 0 Å². The van der Waals surface area contributed by atoms with E-state index in [1.54, 1.807) is 13.1 Å². The number of urea groups is 1. The minimum atomic E-state index is -1.23. The zero-order chi connectivity index (χ0) is 21.0. The molecule has 2 aromatic heterocycles. The fraction of sp³-hybridized carbons (Fsp3) is 0.381. The van der Waals surface area contributed by atoms with Gasteiger partial charge in [0.1, 0.15) is 29.5 Å². The number of hydrogen-bond donors (Lipinski definition) is 5. The number of rotatable bonds is 3. The number of amides is 2. The van der Waals surface area contributed by atoms with Crippen molar-refractivity contribution in [1.82, 2.24) is 19.9 Å². The van der Waals surface area contributed by atoms with Crippen molar-refractivity contribution in [1.29, 1.82) is 0 Å². The first-order valence-corrected chi connectivity index (χ1v) is 9.99. The number of nitrogen functional groups attached to an aromatic ring is 1. The summed E-state index contributed by atoms with van der Waals surface area (Å²) in [6.45, 7) is 0. The predicted octanol–water partition coefficient (Wildman–Crippen LogP) is 1.61. The van der Waals surface area contributed by atoms with E-state index in [-0.39, 0.29) is 23.9 Å². The highest BCUT2D eigenvalue weighted by Crippen LogP contribution is 2.62. The van der Waals surface area contributed by atoms with Crippen molar-refractivity contribution < 1.29 is 15.0 Å². The van der Waals surface area contributed by atoms with Gasteiger partial charge in [0.2, 0.25) is 0 Å². The Balaban J connectivity index is 1.44. The quantitative estimate of drug-likeness (QED) is 0.446. The molecule has 2 heterocycles. The molecule has 0 bridgehead atoms. The van der Waals surface area contributed by atoms with Crippen molar-refractivity contribution in [2.45, 2.75) is 36.5 Å². The van der Waals surface area contributed by atoms with Gasteiger partial charge in [-0.05, 0) is 42.5 Å². The van der Waals surface area contributed by atoms with Gasteiger partial charge in [0.25, 0.3) is 0 Å². The van der Waals surface area contributed by atoms with Crippen LogP contribution in [0, 0.1) is 5.92 Å². The second-order valence-corrected chi connectivity index (χ2v) is 8.17. The number of fused-ring (bicyclic) bond motifs is 2. The molecule has 5 atom stereocenters. The van der Waals surface area contributed by atoms with Gasteiger partial charge in [0, 0.05) is 24.8 Å². The topological polar surface area (TPSA) is 138 Å². The van der Waals surface area contributed by atoms with Crippen LogP contribution in [-0.4, -0.2) is 49.5 Å². The van der Waals surface area contributed by atoms with Crippen LogP contribution in [-0.2, 0) is 0 Å². The molecule has 5 rings (SSSR count). The average Bonchev–Trinajstić information content (AvgIpc) is 3.24. The smallest absolute Gasteiger partial charge is 0.318 e. The van der Waals surface area contributed by atoms with E-state index >= 15 is 0 Å². The third kappa shape index (κ3) is 2.59. The summed E-state index contributed by atoms with van der Waals surface area (Å²) in [5, 5.41) is 28.7. The maximum Gasteiger partial charge on any atom is 0.318 e. The van der Waals surface area contributed by atoms with Crippen molar-refractivity contribution >= 4 is 28.6 Å². The molecule has 9 nitrogen and oxygen atoms in total. The van der Waals surface area contributed by atoms with E-state index < -0.39 is 11.7 Å². The van der Waals surface area contributed by atoms with E-state index in [4.69, 9.17) is 5.73 Å². The fourth-order valence-electron chi connectivity index (χ4n) is 5.20. The largest absolute Gasteiger partial charge is 0.388 e. The summed E-state index contributed by atoms with van der Waals surface area (Å²) in [6, 6.07) is 8.65. The molecule has 2 amide bonds. The number of nitrogens with zero attached hydrogens (tertiary/aromatic N) is 3. The molecule has 0 saturated heterocycles. The first-order chi connectivity index (χ1) is 14.4. The van der Waals surface area contributed by atoms with Crippen LogP contribution in [0.3, 0.4) is 0 Å². The Morgan fingerprint density at radius 1 is 1.30 bits per heavy atom. The molecule has 3 aromatic rings. The fourth-order valence-corrected chi connectivity index (χ4v) is 5.20. The van der Waals surface area contributed by atoms with Crippen molar-refractivity contribution in [2.24, 2.45) is 5.92 Å². The Labute approximate surface area is 172 Å². The van der Waals surface area contributed by atoms with Crippen molar-refractivity contribution in [3.05, 3.63) is 48.4 Å². The molecule has 2 fully saturated rings. The molecule has 156 valence electrons. The molecule has 1 aromatic carbocycles. The summed E-state index contributed by atoms with van der Waals surface area (Å²) in [5.74, 6) is 0.163. The molecule has 9 heteroatoms. The van der Waals surface area contributed by atoms with Crippen LogP contribution < -0.4 is 16.4 Å². The van der Waals surface area contributed by atoms with Gasteiger partial charge in [-0.1, -0.05) is 12.1 Å². The maximum absolute atomic E-state index is 11.6. The SMILES string of the molecule is CNC(=O)Nc1cccc(C2C[C@H]3C[C@@H](n4ccc5c(N)ncnc54)[C@H](O)[C@@]23O)c1. The minimum absolute atomic E-state index is 0.0188. The number of nitrogens with one attached hydrogen (secondary N) is 2. The molecular weight excluding hydrogens is 384 g/mol. The van der Waals surface area contributed by atoms with Crippen LogP contribution in [0.5, 0.6) is 0 Å². The highest BCUT2D eigenvalue weighted by Gasteiger charge is 2.65. The first kappa shape index (κ1) is 18.8. The molecule has 0 spiro atoms. The standard InChI is InChI=1S/C21H24N6O3/c1-23-20(29)26-13-4-2-3-11(7-13)15-8-12-9-16(17(28)21(12,15)30)27-6-5-14-18(22)24-10-25-19(14)27/h2-7,10,12,15-17,28,30H,8-9H2,1H3,(H2,22,24,25)(H2,23,26,29)/t12-,15?,16+,17-,21-/m0/s1. The lowest BCUT2D eigenvalue weighted by Crippen LogP contribution is -2.57. The lowest BCUT2D eigenvalue weighted by atomic mass is 9.59. The summed E-state index contributed by atoms with van der Waals surface area (Å²) in [5.41, 5.74) is 6.91. The maximum atomic E-state index is 11.6. The van der Waals surface area contributed by atoms with Crippen LogP contribution in [0.1, 0.15) is 30.4 Å². The highest BCUT2D eigenvalue weighted by molar-refractivity contribution is 5.89. The first-order valence-electron chi connectivity index (χ1n) is 9.99. The van der Waals surface area contributed by atoms with E-state index in [0.717, 1.165) is 17.4 Å². The van der Waals surface area contributed by atoms with Gasteiger partial charge in [0.15, 0.2) is 0 Å². The van der Waals surface area contributed by atoms with E-state index in [1.807, 2.05) is 35.0 Å². The van der Waals surface area contributed by atoms with Crippen LogP contribution in [0.2, 0.25) is 0 Å². The molecule has 2 saturated carbocycles. The number of aliphatic hydroxyl groups is 2. The molecule has 0 radical (unpaired) electrons. The molecule has 30 heavy (non-hydrogen) atoms. The summed E-state index contributed by atoms with van der Waals surface area (Å²) in [7, 11) is 1.55. The zero-order valence-electron chi connectivity index (χ0n) is 16.5. The number of aromatic nitrogens is 3. The van der Waals surface area contributed by atoms with Gasteiger partial charge in [-0.3, -0.25) is 0 Å². The lowest BCUT2D eigenvalue weighted by Gasteiger charge is -2.50. The summed E-state index contributed by atoms with van der Waals surface area (Å²) in [6.07, 6.45) is 3.72. The van der Waals surface area contributed by atoms with Crippen LogP contribution >= 0.6 is 0 Å². The van der Waals surface area contributed by atoms with Gasteiger partial charge >= 0.3 is 6.03 Å². The van der Waals surface area contributed by atoms with E-state index in [1.165, 1.54) is 6.33 Å². The number of nitrogens with two attached hydrogens (primary N) is 1. The van der Waals surface area contributed by atoms with Gasteiger partial charge < -0.3 is 31.1 Å². The molecule has 2 aliphatic rings. The van der Waals surface area contributed by atoms with E-state index in [2.05, 4.69) is 20.6 Å². The van der Waals surface area contributed by atoms with Crippen molar-refractivity contribution in [3.63, 3.8) is 0 Å². The van der Waals surface area contributed by atoms with Crippen LogP contribution in [0.4, 0.5) is 16.3 Å². The number of aliphatic hydroxyl groups excluding tert-OH is 1. The summed E-state index contributed by atoms with van der Waals surface area (Å²) >= 11 is 0. The molecule has 2 aliphatic carbocycles. The average molecular weight is 408 g/mol. The summed E-state index contributed by atoms with van der Waals surface area (Å²) in [4.78, 5) is 20.0. The Morgan fingerprint density at radius 3 is 2.93 bits per heavy atom.